The zero-order chi connectivity index (χ0) is 14.3. The van der Waals surface area contributed by atoms with Gasteiger partial charge in [-0.05, 0) is 57.8 Å². The summed E-state index contributed by atoms with van der Waals surface area (Å²) in [6.45, 7) is 6.29. The molecule has 20 heavy (non-hydrogen) atoms. The van der Waals surface area contributed by atoms with Gasteiger partial charge in [-0.3, -0.25) is 0 Å². The number of rotatable bonds is 4. The van der Waals surface area contributed by atoms with Crippen molar-refractivity contribution < 1.29 is 9.53 Å². The van der Waals surface area contributed by atoms with Gasteiger partial charge in [-0.25, -0.2) is 4.79 Å². The molecule has 1 aromatic heterocycles. The molecular formula is C15H23N3O2. The van der Waals surface area contributed by atoms with E-state index in [1.807, 2.05) is 18.4 Å². The fraction of sp³-hybridized carbons (Fsp3) is 0.800. The summed E-state index contributed by atoms with van der Waals surface area (Å²) in [6, 6.07) is 0.278. The highest BCUT2D eigenvalue weighted by Gasteiger charge is 2.43. The molecule has 4 atom stereocenters. The van der Waals surface area contributed by atoms with Gasteiger partial charge in [-0.1, -0.05) is 6.42 Å². The number of esters is 1. The first-order valence-electron chi connectivity index (χ1n) is 7.70. The van der Waals surface area contributed by atoms with Gasteiger partial charge in [0.15, 0.2) is 0 Å². The van der Waals surface area contributed by atoms with Gasteiger partial charge >= 0.3 is 5.97 Å². The molecule has 4 unspecified atom stereocenters. The number of hydrogen-bond acceptors (Lipinski definition) is 4. The summed E-state index contributed by atoms with van der Waals surface area (Å²) in [5, 5.41) is 8.11. The van der Waals surface area contributed by atoms with Crippen molar-refractivity contribution in [1.82, 2.24) is 14.8 Å². The minimum Gasteiger partial charge on any atom is -0.460 e. The number of ether oxygens (including phenoxy) is 1. The molecule has 2 bridgehead atoms. The Morgan fingerprint density at radius 1 is 1.40 bits per heavy atom. The van der Waals surface area contributed by atoms with Gasteiger partial charge in [-0.15, -0.1) is 10.2 Å². The highest BCUT2D eigenvalue weighted by atomic mass is 16.5. The van der Waals surface area contributed by atoms with Crippen LogP contribution in [0, 0.1) is 24.7 Å². The normalized spacial score (nSPS) is 29.6. The topological polar surface area (TPSA) is 57.0 Å². The third kappa shape index (κ3) is 2.13. The minimum absolute atomic E-state index is 0.278. The molecule has 2 aliphatic rings. The van der Waals surface area contributed by atoms with Gasteiger partial charge in [0.2, 0.25) is 5.82 Å². The lowest BCUT2D eigenvalue weighted by atomic mass is 9.84. The molecule has 3 rings (SSSR count). The quantitative estimate of drug-likeness (QED) is 0.794. The molecule has 110 valence electrons. The molecule has 2 fully saturated rings. The Hall–Kier alpha value is -1.39. The van der Waals surface area contributed by atoms with Crippen LogP contribution in [0.1, 0.15) is 62.0 Å². The number of aromatic nitrogens is 3. The zero-order valence-electron chi connectivity index (χ0n) is 12.5. The Balaban J connectivity index is 1.85. The average molecular weight is 277 g/mol. The van der Waals surface area contributed by atoms with E-state index in [9.17, 15) is 4.79 Å². The molecule has 0 N–H and O–H groups in total. The Kier molecular flexibility index (Phi) is 3.52. The summed E-state index contributed by atoms with van der Waals surface area (Å²) in [6.07, 6.45) is 5.38. The fourth-order valence-electron chi connectivity index (χ4n) is 4.27. The van der Waals surface area contributed by atoms with E-state index in [2.05, 4.69) is 17.1 Å². The van der Waals surface area contributed by atoms with E-state index < -0.39 is 0 Å². The molecule has 2 aliphatic carbocycles. The van der Waals surface area contributed by atoms with Gasteiger partial charge < -0.3 is 9.30 Å². The van der Waals surface area contributed by atoms with E-state index in [0.29, 0.717) is 18.3 Å². The molecule has 0 amide bonds. The van der Waals surface area contributed by atoms with Crippen LogP contribution in [0.5, 0.6) is 0 Å². The van der Waals surface area contributed by atoms with Crippen molar-refractivity contribution in [3.63, 3.8) is 0 Å². The second-order valence-electron chi connectivity index (χ2n) is 6.24. The third-order valence-corrected chi connectivity index (χ3v) is 5.14. The van der Waals surface area contributed by atoms with Crippen molar-refractivity contribution in [2.45, 2.75) is 52.5 Å². The van der Waals surface area contributed by atoms with Crippen LogP contribution in [0.25, 0.3) is 0 Å². The van der Waals surface area contributed by atoms with Gasteiger partial charge in [-0.2, -0.15) is 0 Å². The molecule has 1 heterocycles. The van der Waals surface area contributed by atoms with Gasteiger partial charge in [0.1, 0.15) is 5.82 Å². The van der Waals surface area contributed by atoms with E-state index >= 15 is 0 Å². The number of fused-ring (bicyclic) bond motifs is 2. The van der Waals surface area contributed by atoms with Crippen LogP contribution in [0.4, 0.5) is 0 Å². The van der Waals surface area contributed by atoms with Crippen LogP contribution in [0.15, 0.2) is 0 Å². The third-order valence-electron chi connectivity index (χ3n) is 5.14. The second-order valence-corrected chi connectivity index (χ2v) is 6.24. The Morgan fingerprint density at radius 2 is 2.20 bits per heavy atom. The molecule has 0 aliphatic heterocycles. The maximum atomic E-state index is 12.0. The number of hydrogen-bond donors (Lipinski definition) is 0. The van der Waals surface area contributed by atoms with Crippen molar-refractivity contribution in [1.29, 1.82) is 0 Å². The summed E-state index contributed by atoms with van der Waals surface area (Å²) in [7, 11) is 0. The number of nitrogens with zero attached hydrogens (tertiary/aromatic N) is 3. The molecular weight excluding hydrogens is 254 g/mol. The zero-order valence-corrected chi connectivity index (χ0v) is 12.5. The van der Waals surface area contributed by atoms with Crippen LogP contribution in [0.3, 0.4) is 0 Å². The largest absolute Gasteiger partial charge is 0.460 e. The van der Waals surface area contributed by atoms with E-state index in [4.69, 9.17) is 4.74 Å². The monoisotopic (exact) mass is 277 g/mol. The van der Waals surface area contributed by atoms with E-state index in [1.165, 1.54) is 25.7 Å². The Bertz CT molecular complexity index is 511. The maximum Gasteiger partial charge on any atom is 0.376 e. The maximum absolute atomic E-state index is 12.0. The van der Waals surface area contributed by atoms with Crippen molar-refractivity contribution in [3.8, 4) is 0 Å². The summed E-state index contributed by atoms with van der Waals surface area (Å²) >= 11 is 0. The SMILES string of the molecule is CCOC(=O)c1nnc(C)n1C(C)C1CC2CCC1C2. The van der Waals surface area contributed by atoms with Gasteiger partial charge in [0.05, 0.1) is 6.61 Å². The van der Waals surface area contributed by atoms with Crippen LogP contribution in [-0.4, -0.2) is 27.3 Å². The molecule has 1 aromatic rings. The molecule has 5 heteroatoms. The average Bonchev–Trinajstić information content (AvgIpc) is 3.12. The van der Waals surface area contributed by atoms with Crippen LogP contribution in [-0.2, 0) is 4.74 Å². The van der Waals surface area contributed by atoms with Crippen molar-refractivity contribution in [3.05, 3.63) is 11.6 Å². The van der Waals surface area contributed by atoms with Crippen molar-refractivity contribution in [2.75, 3.05) is 6.61 Å². The lowest BCUT2D eigenvalue weighted by Gasteiger charge is -2.29. The van der Waals surface area contributed by atoms with Crippen molar-refractivity contribution in [2.24, 2.45) is 17.8 Å². The van der Waals surface area contributed by atoms with Crippen LogP contribution in [0.2, 0.25) is 0 Å². The summed E-state index contributed by atoms with van der Waals surface area (Å²) in [4.78, 5) is 12.0. The highest BCUT2D eigenvalue weighted by molar-refractivity contribution is 5.85. The molecule has 0 aromatic carbocycles. The van der Waals surface area contributed by atoms with Crippen LogP contribution < -0.4 is 0 Å². The van der Waals surface area contributed by atoms with E-state index in [1.54, 1.807) is 0 Å². The summed E-state index contributed by atoms with van der Waals surface area (Å²) < 4.78 is 7.08. The number of carbonyl (C=O) groups is 1. The first-order valence-corrected chi connectivity index (χ1v) is 7.70. The lowest BCUT2D eigenvalue weighted by molar-refractivity contribution is 0.0499. The lowest BCUT2D eigenvalue weighted by Crippen LogP contribution is -2.26. The first-order chi connectivity index (χ1) is 9.61. The summed E-state index contributed by atoms with van der Waals surface area (Å²) in [5.74, 6) is 3.17. The molecule has 0 spiro atoms. The predicted molar refractivity (Wildman–Crippen MR) is 74.4 cm³/mol. The smallest absolute Gasteiger partial charge is 0.376 e. The first kappa shape index (κ1) is 13.6. The number of aryl methyl sites for hydroxylation is 1. The predicted octanol–water partition coefficient (Wildman–Crippen LogP) is 2.76. The van der Waals surface area contributed by atoms with E-state index in [0.717, 1.165) is 17.7 Å². The van der Waals surface area contributed by atoms with Gasteiger partial charge in [0, 0.05) is 6.04 Å². The molecule has 0 radical (unpaired) electrons. The molecule has 2 saturated carbocycles. The summed E-state index contributed by atoms with van der Waals surface area (Å²) in [5.41, 5.74) is 0. The Morgan fingerprint density at radius 3 is 2.80 bits per heavy atom. The number of carbonyl (C=O) groups excluding carboxylic acids is 1. The second kappa shape index (κ2) is 5.19. The minimum atomic E-state index is -0.358. The molecule has 0 saturated heterocycles. The fourth-order valence-corrected chi connectivity index (χ4v) is 4.27. The van der Waals surface area contributed by atoms with Crippen LogP contribution >= 0.6 is 0 Å². The highest BCUT2D eigenvalue weighted by Crippen LogP contribution is 2.52. The Labute approximate surface area is 119 Å². The standard InChI is InChI=1S/C15H23N3O2/c1-4-20-15(19)14-17-16-10(3)18(14)9(2)13-8-11-5-6-12(13)7-11/h9,11-13H,4-8H2,1-3H3. The van der Waals surface area contributed by atoms with Crippen molar-refractivity contribution >= 4 is 5.97 Å². The molecule has 5 nitrogen and oxygen atoms in total. The van der Waals surface area contributed by atoms with Gasteiger partial charge in [0.25, 0.3) is 0 Å². The van der Waals surface area contributed by atoms with E-state index in [-0.39, 0.29) is 12.0 Å².